The molecule has 112 valence electrons. The van der Waals surface area contributed by atoms with Crippen LogP contribution in [0.1, 0.15) is 43.7 Å². The van der Waals surface area contributed by atoms with Gasteiger partial charge in [-0.05, 0) is 39.8 Å². The van der Waals surface area contributed by atoms with E-state index in [0.29, 0.717) is 0 Å². The lowest BCUT2D eigenvalue weighted by Gasteiger charge is -2.32. The minimum Gasteiger partial charge on any atom is -0.506 e. The van der Waals surface area contributed by atoms with Crippen molar-refractivity contribution >= 4 is 19.2 Å². The minimum atomic E-state index is -1.14. The van der Waals surface area contributed by atoms with Crippen molar-refractivity contribution in [2.45, 2.75) is 38.9 Å². The summed E-state index contributed by atoms with van der Waals surface area (Å²) in [4.78, 5) is 14.7. The SMILES string of the molecule is CC1(C)OB(/C=C/c2ncc(C(=O)O)cc2O)OC1(C)C. The summed E-state index contributed by atoms with van der Waals surface area (Å²) in [5, 5.41) is 18.6. The summed E-state index contributed by atoms with van der Waals surface area (Å²) in [5.41, 5.74) is -0.690. The molecule has 2 N–H and O–H groups in total. The van der Waals surface area contributed by atoms with Crippen LogP contribution in [-0.4, -0.2) is 39.5 Å². The second-order valence-electron chi connectivity index (χ2n) is 5.92. The molecule has 7 heteroatoms. The van der Waals surface area contributed by atoms with E-state index in [1.54, 1.807) is 12.1 Å². The molecule has 2 heterocycles. The van der Waals surface area contributed by atoms with Gasteiger partial charge in [-0.2, -0.15) is 0 Å². The molecule has 1 saturated heterocycles. The van der Waals surface area contributed by atoms with E-state index in [2.05, 4.69) is 4.98 Å². The van der Waals surface area contributed by atoms with E-state index >= 15 is 0 Å². The van der Waals surface area contributed by atoms with Gasteiger partial charge in [0.2, 0.25) is 0 Å². The number of hydrogen-bond donors (Lipinski definition) is 2. The summed E-state index contributed by atoms with van der Waals surface area (Å²) in [5.74, 6) is 0.292. The first-order chi connectivity index (χ1) is 9.62. The summed E-state index contributed by atoms with van der Waals surface area (Å²) < 4.78 is 11.6. The predicted molar refractivity (Wildman–Crippen MR) is 78.0 cm³/mol. The molecule has 0 bridgehead atoms. The number of aromatic hydroxyl groups is 1. The van der Waals surface area contributed by atoms with Gasteiger partial charge in [0.15, 0.2) is 0 Å². The first-order valence-electron chi connectivity index (χ1n) is 6.58. The first-order valence-corrected chi connectivity index (χ1v) is 6.58. The van der Waals surface area contributed by atoms with Crippen LogP contribution in [0.2, 0.25) is 0 Å². The molecule has 0 amide bonds. The van der Waals surface area contributed by atoms with Gasteiger partial charge in [0, 0.05) is 6.20 Å². The van der Waals surface area contributed by atoms with Crippen LogP contribution in [0.4, 0.5) is 0 Å². The van der Waals surface area contributed by atoms with Crippen LogP contribution in [-0.2, 0) is 9.31 Å². The molecule has 6 nitrogen and oxygen atoms in total. The minimum absolute atomic E-state index is 0.0692. The molecule has 1 aromatic rings. The van der Waals surface area contributed by atoms with Crippen LogP contribution < -0.4 is 0 Å². The first kappa shape index (κ1) is 15.5. The molecule has 21 heavy (non-hydrogen) atoms. The van der Waals surface area contributed by atoms with E-state index < -0.39 is 24.3 Å². The Morgan fingerprint density at radius 3 is 2.33 bits per heavy atom. The van der Waals surface area contributed by atoms with E-state index in [4.69, 9.17) is 14.4 Å². The van der Waals surface area contributed by atoms with Gasteiger partial charge < -0.3 is 19.5 Å². The maximum atomic E-state index is 10.8. The highest BCUT2D eigenvalue weighted by atomic mass is 16.7. The Balaban J connectivity index is 2.14. The molecule has 1 fully saturated rings. The number of nitrogens with zero attached hydrogens (tertiary/aromatic N) is 1. The highest BCUT2D eigenvalue weighted by Gasteiger charge is 2.50. The number of aromatic carboxylic acids is 1. The van der Waals surface area contributed by atoms with Crippen LogP contribution in [0.15, 0.2) is 18.2 Å². The Labute approximate surface area is 123 Å². The fourth-order valence-corrected chi connectivity index (χ4v) is 1.85. The summed E-state index contributed by atoms with van der Waals surface area (Å²) in [7, 11) is -0.546. The normalized spacial score (nSPS) is 20.1. The van der Waals surface area contributed by atoms with Gasteiger partial charge >= 0.3 is 13.1 Å². The van der Waals surface area contributed by atoms with Crippen molar-refractivity contribution in [2.75, 3.05) is 0 Å². The third kappa shape index (κ3) is 3.09. The van der Waals surface area contributed by atoms with Gasteiger partial charge in [0.1, 0.15) is 11.4 Å². The van der Waals surface area contributed by atoms with E-state index in [0.717, 1.165) is 6.07 Å². The zero-order valence-electron chi connectivity index (χ0n) is 12.5. The summed E-state index contributed by atoms with van der Waals surface area (Å²) >= 11 is 0. The number of aromatic nitrogens is 1. The van der Waals surface area contributed by atoms with E-state index in [1.807, 2.05) is 27.7 Å². The third-order valence-corrected chi connectivity index (χ3v) is 3.83. The Morgan fingerprint density at radius 2 is 1.86 bits per heavy atom. The van der Waals surface area contributed by atoms with Crippen molar-refractivity contribution in [2.24, 2.45) is 0 Å². The topological polar surface area (TPSA) is 88.9 Å². The lowest BCUT2D eigenvalue weighted by Crippen LogP contribution is -2.41. The summed E-state index contributed by atoms with van der Waals surface area (Å²) in [6, 6.07) is 1.15. The number of hydrogen-bond acceptors (Lipinski definition) is 5. The van der Waals surface area contributed by atoms with E-state index in [9.17, 15) is 9.90 Å². The average Bonchev–Trinajstić information content (AvgIpc) is 2.56. The Kier molecular flexibility index (Phi) is 3.82. The molecular weight excluding hydrogens is 273 g/mol. The molecule has 0 saturated carbocycles. The van der Waals surface area contributed by atoms with Crippen LogP contribution in [0.3, 0.4) is 0 Å². The fourth-order valence-electron chi connectivity index (χ4n) is 1.85. The molecule has 1 aromatic heterocycles. The summed E-state index contributed by atoms with van der Waals surface area (Å²) in [6.07, 6.45) is 2.73. The molecule has 1 aliphatic heterocycles. The van der Waals surface area contributed by atoms with Crippen molar-refractivity contribution in [3.63, 3.8) is 0 Å². The summed E-state index contributed by atoms with van der Waals surface area (Å²) in [6.45, 7) is 7.77. The standard InChI is InChI=1S/C14H18BNO5/c1-13(2)14(3,4)21-15(20-13)6-5-10-11(17)7-9(8-16-10)12(18)19/h5-8,17H,1-4H3,(H,18,19)/b6-5+. The second-order valence-corrected chi connectivity index (χ2v) is 5.92. The van der Waals surface area contributed by atoms with E-state index in [-0.39, 0.29) is 17.0 Å². The monoisotopic (exact) mass is 291 g/mol. The zero-order valence-corrected chi connectivity index (χ0v) is 12.5. The fraction of sp³-hybridized carbons (Fsp3) is 0.429. The number of carboxylic acids is 1. The molecule has 1 aliphatic rings. The third-order valence-electron chi connectivity index (χ3n) is 3.83. The van der Waals surface area contributed by atoms with Crippen LogP contribution in [0.25, 0.3) is 6.08 Å². The number of carboxylic acid groups (broad SMARTS) is 1. The molecule has 0 atom stereocenters. The smallest absolute Gasteiger partial charge is 0.487 e. The van der Waals surface area contributed by atoms with Gasteiger partial charge in [0.05, 0.1) is 16.8 Å². The number of rotatable bonds is 3. The highest BCUT2D eigenvalue weighted by Crippen LogP contribution is 2.37. The van der Waals surface area contributed by atoms with Crippen molar-refractivity contribution in [1.82, 2.24) is 4.98 Å². The maximum absolute atomic E-state index is 10.8. The zero-order chi connectivity index (χ0) is 15.8. The van der Waals surface area contributed by atoms with Crippen molar-refractivity contribution in [1.29, 1.82) is 0 Å². The number of carbonyl (C=O) groups is 1. The molecule has 2 rings (SSSR count). The van der Waals surface area contributed by atoms with Gasteiger partial charge in [0.25, 0.3) is 0 Å². The number of pyridine rings is 1. The molecule has 0 unspecified atom stereocenters. The van der Waals surface area contributed by atoms with Crippen molar-refractivity contribution in [3.8, 4) is 5.75 Å². The van der Waals surface area contributed by atoms with Crippen LogP contribution in [0, 0.1) is 0 Å². The molecule has 0 aliphatic carbocycles. The van der Waals surface area contributed by atoms with Crippen molar-refractivity contribution < 1.29 is 24.3 Å². The Morgan fingerprint density at radius 1 is 1.29 bits per heavy atom. The molecule has 0 spiro atoms. The van der Waals surface area contributed by atoms with Gasteiger partial charge in [-0.15, -0.1) is 0 Å². The van der Waals surface area contributed by atoms with Gasteiger partial charge in [-0.1, -0.05) is 5.98 Å². The van der Waals surface area contributed by atoms with Crippen LogP contribution in [0.5, 0.6) is 5.75 Å². The lowest BCUT2D eigenvalue weighted by atomic mass is 9.89. The average molecular weight is 291 g/mol. The second kappa shape index (κ2) is 5.16. The van der Waals surface area contributed by atoms with Crippen molar-refractivity contribution in [3.05, 3.63) is 29.5 Å². The van der Waals surface area contributed by atoms with Crippen LogP contribution >= 0.6 is 0 Å². The molecule has 0 aromatic carbocycles. The predicted octanol–water partition coefficient (Wildman–Crippen LogP) is 2.13. The van der Waals surface area contributed by atoms with E-state index in [1.165, 1.54) is 6.20 Å². The Hall–Kier alpha value is -1.86. The lowest BCUT2D eigenvalue weighted by molar-refractivity contribution is 0.00578. The molecule has 0 radical (unpaired) electrons. The largest absolute Gasteiger partial charge is 0.506 e. The quantitative estimate of drug-likeness (QED) is 0.829. The Bertz CT molecular complexity index is 581. The molecular formula is C14H18BNO5. The highest BCUT2D eigenvalue weighted by molar-refractivity contribution is 6.52. The van der Waals surface area contributed by atoms with Gasteiger partial charge in [-0.25, -0.2) is 4.79 Å². The maximum Gasteiger partial charge on any atom is 0.487 e. The van der Waals surface area contributed by atoms with Gasteiger partial charge in [-0.3, -0.25) is 4.98 Å².